The molecule has 1 heterocycles. The second-order valence-electron chi connectivity index (χ2n) is 10.7. The number of amides is 2. The lowest BCUT2D eigenvalue weighted by molar-refractivity contribution is -0.139. The molecule has 0 unspecified atom stereocenters. The normalized spacial score (nSPS) is 13.4. The Morgan fingerprint density at radius 2 is 1.42 bits per heavy atom. The molecule has 252 valence electrons. The van der Waals surface area contributed by atoms with Gasteiger partial charge in [0.2, 0.25) is 6.08 Å². The van der Waals surface area contributed by atoms with Crippen molar-refractivity contribution in [2.45, 2.75) is 50.9 Å². The minimum absolute atomic E-state index is 0.0397. The molecule has 4 rings (SSSR count). The monoisotopic (exact) mass is 672 g/mol. The van der Waals surface area contributed by atoms with Crippen LogP contribution in [0.2, 0.25) is 0 Å². The summed E-state index contributed by atoms with van der Waals surface area (Å²) in [6.07, 6.45) is -7.04. The van der Waals surface area contributed by atoms with E-state index in [1.54, 1.807) is 62.4 Å². The Morgan fingerprint density at radius 3 is 1.98 bits per heavy atom. The second kappa shape index (κ2) is 15.0. The molecule has 0 aliphatic carbocycles. The number of aromatic nitrogens is 1. The lowest BCUT2D eigenvalue weighted by Gasteiger charge is -2.25. The fourth-order valence-electron chi connectivity index (χ4n) is 4.74. The summed E-state index contributed by atoms with van der Waals surface area (Å²) in [5, 5.41) is 5.10. The molecule has 0 spiro atoms. The molecule has 0 radical (unpaired) electrons. The number of alkyl halides is 6. The zero-order chi connectivity index (χ0) is 35.1. The molecule has 0 aliphatic rings. The number of nitrogens with zero attached hydrogens (tertiary/aromatic N) is 2. The zero-order valence-corrected chi connectivity index (χ0v) is 25.8. The van der Waals surface area contributed by atoms with Crippen molar-refractivity contribution in [2.75, 3.05) is 7.11 Å². The summed E-state index contributed by atoms with van der Waals surface area (Å²) in [5.41, 5.74) is -1.53. The topological polar surface area (TPSA) is 102 Å². The quantitative estimate of drug-likeness (QED) is 0.0950. The summed E-state index contributed by atoms with van der Waals surface area (Å²) >= 11 is 0. The van der Waals surface area contributed by atoms with Crippen molar-refractivity contribution in [3.05, 3.63) is 124 Å². The van der Waals surface area contributed by atoms with Gasteiger partial charge in [-0.3, -0.25) is 4.98 Å². The molecule has 2 N–H and O–H groups in total. The molecule has 2 amide bonds. The third kappa shape index (κ3) is 9.13. The largest absolute Gasteiger partial charge is 0.497 e. The van der Waals surface area contributed by atoms with Crippen LogP contribution in [-0.2, 0) is 23.8 Å². The number of carbonyl (C=O) groups is 1. The molecular weight excluding hydrogens is 642 g/mol. The van der Waals surface area contributed by atoms with E-state index in [2.05, 4.69) is 20.6 Å². The standard InChI is InChI=1S/C34H30F6N4O4/c1-20(42-19-45)23-8-14-28(15-9-23)48-18-22-16-29(34(38,39)40)31(41-17-22)30(25-4-10-26(11-5-25)33(35,36)37)44-32(46)43-21(2)24-6-12-27(47-3)13-7-24/h4-17,20-21,30H,18H2,1-3H3,(H2,43,44,46)/t20-,21-,30+/m1/s1. The van der Waals surface area contributed by atoms with Crippen molar-refractivity contribution >= 4 is 12.1 Å². The number of urea groups is 1. The van der Waals surface area contributed by atoms with Gasteiger partial charge in [-0.2, -0.15) is 31.3 Å². The SMILES string of the molecule is COc1ccc([C@@H](C)NC(=O)N[C@@H](c2ccc(C(F)(F)F)cc2)c2ncc(COc3ccc([C@@H](C)N=C=O)cc3)cc2C(F)(F)F)cc1. The maximum atomic E-state index is 14.5. The number of hydrogen-bond acceptors (Lipinski definition) is 6. The first kappa shape index (κ1) is 35.5. The third-order valence-electron chi connectivity index (χ3n) is 7.38. The average molecular weight is 673 g/mol. The van der Waals surface area contributed by atoms with E-state index in [1.165, 1.54) is 13.2 Å². The minimum Gasteiger partial charge on any atom is -0.497 e. The first-order chi connectivity index (χ1) is 22.7. The Morgan fingerprint density at radius 1 is 0.833 bits per heavy atom. The second-order valence-corrected chi connectivity index (χ2v) is 10.7. The Balaban J connectivity index is 1.63. The molecule has 3 atom stereocenters. The van der Waals surface area contributed by atoms with Crippen LogP contribution in [0.25, 0.3) is 0 Å². The first-order valence-electron chi connectivity index (χ1n) is 14.4. The molecule has 8 nitrogen and oxygen atoms in total. The van der Waals surface area contributed by atoms with Crippen LogP contribution in [0.15, 0.2) is 90.1 Å². The van der Waals surface area contributed by atoms with Crippen molar-refractivity contribution in [1.82, 2.24) is 15.6 Å². The van der Waals surface area contributed by atoms with Gasteiger partial charge in [0.25, 0.3) is 0 Å². The summed E-state index contributed by atoms with van der Waals surface area (Å²) in [7, 11) is 1.49. The highest BCUT2D eigenvalue weighted by atomic mass is 19.4. The Labute approximate surface area is 271 Å². The van der Waals surface area contributed by atoms with Gasteiger partial charge in [-0.25, -0.2) is 9.59 Å². The highest BCUT2D eigenvalue weighted by Gasteiger charge is 2.38. The fourth-order valence-corrected chi connectivity index (χ4v) is 4.74. The molecule has 1 aromatic heterocycles. The minimum atomic E-state index is -4.96. The van der Waals surface area contributed by atoms with E-state index in [4.69, 9.17) is 9.47 Å². The van der Waals surface area contributed by atoms with Crippen LogP contribution in [0, 0.1) is 0 Å². The van der Waals surface area contributed by atoms with Crippen LogP contribution >= 0.6 is 0 Å². The highest BCUT2D eigenvalue weighted by molar-refractivity contribution is 5.75. The molecule has 3 aromatic carbocycles. The average Bonchev–Trinajstić information content (AvgIpc) is 3.06. The Hall–Kier alpha value is -5.36. The van der Waals surface area contributed by atoms with Gasteiger partial charge in [-0.1, -0.05) is 36.4 Å². The third-order valence-corrected chi connectivity index (χ3v) is 7.38. The molecule has 14 heteroatoms. The lowest BCUT2D eigenvalue weighted by atomic mass is 9.97. The maximum Gasteiger partial charge on any atom is 0.418 e. The van der Waals surface area contributed by atoms with Crippen LogP contribution in [0.3, 0.4) is 0 Å². The van der Waals surface area contributed by atoms with E-state index in [9.17, 15) is 35.9 Å². The Kier molecular flexibility index (Phi) is 11.1. The van der Waals surface area contributed by atoms with Crippen molar-refractivity contribution in [3.63, 3.8) is 0 Å². The van der Waals surface area contributed by atoms with Gasteiger partial charge >= 0.3 is 18.4 Å². The predicted molar refractivity (Wildman–Crippen MR) is 163 cm³/mol. The smallest absolute Gasteiger partial charge is 0.418 e. The van der Waals surface area contributed by atoms with Crippen LogP contribution in [0.5, 0.6) is 11.5 Å². The summed E-state index contributed by atoms with van der Waals surface area (Å²) < 4.78 is 94.1. The number of aliphatic imine (C=N–C) groups is 1. The summed E-state index contributed by atoms with van der Waals surface area (Å²) in [6.45, 7) is 3.02. The highest BCUT2D eigenvalue weighted by Crippen LogP contribution is 2.37. The molecule has 0 saturated carbocycles. The molecule has 0 bridgehead atoms. The van der Waals surface area contributed by atoms with Gasteiger partial charge < -0.3 is 20.1 Å². The number of pyridine rings is 1. The van der Waals surface area contributed by atoms with Gasteiger partial charge in [0.15, 0.2) is 0 Å². The first-order valence-corrected chi connectivity index (χ1v) is 14.4. The molecule has 4 aromatic rings. The number of benzene rings is 3. The van der Waals surface area contributed by atoms with Crippen LogP contribution in [0.4, 0.5) is 31.1 Å². The van der Waals surface area contributed by atoms with Gasteiger partial charge in [0.1, 0.15) is 18.1 Å². The van der Waals surface area contributed by atoms with Crippen molar-refractivity contribution in [1.29, 1.82) is 0 Å². The van der Waals surface area contributed by atoms with Gasteiger partial charge in [-0.05, 0) is 73.0 Å². The number of ether oxygens (including phenoxy) is 2. The molecule has 48 heavy (non-hydrogen) atoms. The van der Waals surface area contributed by atoms with Crippen molar-refractivity contribution in [2.24, 2.45) is 4.99 Å². The molecule has 0 aliphatic heterocycles. The van der Waals surface area contributed by atoms with Gasteiger partial charge in [0, 0.05) is 11.8 Å². The number of isocyanates is 1. The van der Waals surface area contributed by atoms with E-state index < -0.39 is 53.3 Å². The van der Waals surface area contributed by atoms with Gasteiger partial charge in [-0.15, -0.1) is 0 Å². The van der Waals surface area contributed by atoms with Crippen molar-refractivity contribution < 1.29 is 45.4 Å². The van der Waals surface area contributed by atoms with E-state index in [0.29, 0.717) is 34.8 Å². The van der Waals surface area contributed by atoms with Gasteiger partial charge in [0.05, 0.1) is 42.1 Å². The van der Waals surface area contributed by atoms with Crippen LogP contribution in [-0.4, -0.2) is 24.2 Å². The lowest BCUT2D eigenvalue weighted by Crippen LogP contribution is -2.40. The van der Waals surface area contributed by atoms with Crippen molar-refractivity contribution in [3.8, 4) is 11.5 Å². The van der Waals surface area contributed by atoms with Crippen LogP contribution in [0.1, 0.15) is 71.0 Å². The zero-order valence-electron chi connectivity index (χ0n) is 25.8. The number of rotatable bonds is 11. The van der Waals surface area contributed by atoms with E-state index >= 15 is 0 Å². The number of hydrogen-bond donors (Lipinski definition) is 2. The van der Waals surface area contributed by atoms with Crippen LogP contribution < -0.4 is 20.1 Å². The number of nitrogens with one attached hydrogen (secondary N) is 2. The molecular formula is C34H30F6N4O4. The number of carbonyl (C=O) groups excluding carboxylic acids is 2. The fraction of sp³-hybridized carbons (Fsp3) is 0.265. The summed E-state index contributed by atoms with van der Waals surface area (Å²) in [4.78, 5) is 31.3. The maximum absolute atomic E-state index is 14.5. The summed E-state index contributed by atoms with van der Waals surface area (Å²) in [6, 6.07) is 13.8. The number of halogens is 6. The Bertz CT molecular complexity index is 1740. The van der Waals surface area contributed by atoms with E-state index in [-0.39, 0.29) is 17.7 Å². The number of methoxy groups -OCH3 is 1. The van der Waals surface area contributed by atoms with E-state index in [0.717, 1.165) is 24.4 Å². The van der Waals surface area contributed by atoms with E-state index in [1.807, 2.05) is 0 Å². The predicted octanol–water partition coefficient (Wildman–Crippen LogP) is 8.25. The summed E-state index contributed by atoms with van der Waals surface area (Å²) in [5.74, 6) is 0.900. The molecule has 0 fully saturated rings. The molecule has 0 saturated heterocycles.